The number of piperidine rings is 1. The minimum absolute atomic E-state index is 0. The lowest BCUT2D eigenvalue weighted by Gasteiger charge is -2.29. The van der Waals surface area contributed by atoms with Gasteiger partial charge in [0.2, 0.25) is 0 Å². The normalized spacial score (nSPS) is 13.2. The van der Waals surface area contributed by atoms with E-state index in [1.54, 1.807) is 24.9 Å². The summed E-state index contributed by atoms with van der Waals surface area (Å²) in [5, 5.41) is 5.47. The Morgan fingerprint density at radius 3 is 2.47 bits per heavy atom. The lowest BCUT2D eigenvalue weighted by molar-refractivity contribution is 0.102. The summed E-state index contributed by atoms with van der Waals surface area (Å²) in [6.45, 7) is 6.21. The number of thiazole rings is 1. The molecular weight excluding hydrogens is 444 g/mol. The summed E-state index contributed by atoms with van der Waals surface area (Å²) in [4.78, 5) is 23.6. The highest BCUT2D eigenvalue weighted by molar-refractivity contribution is 7.13. The number of hydrogen-bond donors (Lipinski definition) is 1. The van der Waals surface area contributed by atoms with E-state index in [1.807, 2.05) is 38.1 Å². The van der Waals surface area contributed by atoms with Crippen LogP contribution in [0.1, 0.15) is 70.9 Å². The Morgan fingerprint density at radius 2 is 1.85 bits per heavy atom. The Morgan fingerprint density at radius 1 is 1.15 bits per heavy atom. The Labute approximate surface area is 210 Å². The molecular formula is C27H42N4O2S. The molecule has 7 heteroatoms. The van der Waals surface area contributed by atoms with Gasteiger partial charge in [0.1, 0.15) is 16.5 Å². The first-order valence-electron chi connectivity index (χ1n) is 10.7. The van der Waals surface area contributed by atoms with Crippen molar-refractivity contribution in [2.45, 2.75) is 54.9 Å². The molecule has 1 N–H and O–H groups in total. The third-order valence-electron chi connectivity index (χ3n) is 5.31. The predicted molar refractivity (Wildman–Crippen MR) is 147 cm³/mol. The highest BCUT2D eigenvalue weighted by atomic mass is 32.1. The molecule has 0 radical (unpaired) electrons. The minimum Gasteiger partial charge on any atom is -0.495 e. The molecule has 0 aliphatic carbocycles. The molecule has 1 fully saturated rings. The summed E-state index contributed by atoms with van der Waals surface area (Å²) in [6, 6.07) is 9.86. The number of likely N-dealkylation sites (tertiary alicyclic amines) is 1. The molecule has 1 saturated heterocycles. The van der Waals surface area contributed by atoms with Crippen molar-refractivity contribution in [2.75, 3.05) is 32.6 Å². The third-order valence-corrected chi connectivity index (χ3v) is 6.20. The van der Waals surface area contributed by atoms with E-state index in [9.17, 15) is 4.79 Å². The Kier molecular flexibility index (Phi) is 14.0. The number of amides is 1. The van der Waals surface area contributed by atoms with Crippen LogP contribution in [0.25, 0.3) is 10.6 Å². The van der Waals surface area contributed by atoms with Crippen LogP contribution < -0.4 is 10.1 Å². The van der Waals surface area contributed by atoms with Crippen molar-refractivity contribution in [1.82, 2.24) is 14.9 Å². The zero-order valence-electron chi connectivity index (χ0n) is 18.6. The second-order valence-corrected chi connectivity index (χ2v) is 8.13. The number of carbonyl (C=O) groups excluding carboxylic acids is 1. The van der Waals surface area contributed by atoms with Gasteiger partial charge in [0.05, 0.1) is 12.8 Å². The highest BCUT2D eigenvalue weighted by Gasteiger charge is 2.20. The minimum atomic E-state index is -0.248. The van der Waals surface area contributed by atoms with Crippen LogP contribution in [0.3, 0.4) is 0 Å². The first-order valence-corrected chi connectivity index (χ1v) is 11.6. The first-order chi connectivity index (χ1) is 15.1. The number of nitrogens with one attached hydrogen (secondary N) is 1. The Balaban J connectivity index is 0.00000212. The molecule has 4 rings (SSSR count). The second kappa shape index (κ2) is 15.2. The monoisotopic (exact) mass is 486 g/mol. The molecule has 1 aromatic carbocycles. The fourth-order valence-electron chi connectivity index (χ4n) is 3.59. The molecule has 3 aromatic rings. The number of carbonyl (C=O) groups is 1. The highest BCUT2D eigenvalue weighted by Crippen LogP contribution is 2.34. The van der Waals surface area contributed by atoms with Crippen LogP contribution in [0, 0.1) is 0 Å². The number of nitrogens with zero attached hydrogens (tertiary/aromatic N) is 3. The zero-order chi connectivity index (χ0) is 22.2. The van der Waals surface area contributed by atoms with Crippen molar-refractivity contribution in [3.63, 3.8) is 0 Å². The summed E-state index contributed by atoms with van der Waals surface area (Å²) in [5.74, 6) is 0.963. The largest absolute Gasteiger partial charge is 0.495 e. The van der Waals surface area contributed by atoms with Crippen LogP contribution in [0.5, 0.6) is 5.75 Å². The molecule has 2 aromatic heterocycles. The van der Waals surface area contributed by atoms with Crippen LogP contribution in [0.4, 0.5) is 5.69 Å². The van der Waals surface area contributed by atoms with E-state index in [0.717, 1.165) is 36.5 Å². The lowest BCUT2D eigenvalue weighted by Crippen LogP contribution is -2.29. The van der Waals surface area contributed by atoms with Crippen LogP contribution in [0.15, 0.2) is 48.1 Å². The number of methoxy groups -OCH3 is 1. The molecule has 0 unspecified atom stereocenters. The molecule has 1 amide bonds. The molecule has 34 heavy (non-hydrogen) atoms. The number of rotatable bonds is 5. The van der Waals surface area contributed by atoms with Crippen molar-refractivity contribution in [3.05, 3.63) is 59.4 Å². The van der Waals surface area contributed by atoms with Gasteiger partial charge >= 0.3 is 0 Å². The lowest BCUT2D eigenvalue weighted by atomic mass is 9.89. The van der Waals surface area contributed by atoms with Crippen LogP contribution in [0.2, 0.25) is 0 Å². The van der Waals surface area contributed by atoms with E-state index in [4.69, 9.17) is 4.74 Å². The standard InChI is InChI=1S/C22H24N4O2S.C2H6.3CH4/c1-26-10-7-15(8-11-26)16-5-6-18(20(12-16)28-2)24-21(27)19-14-29-22(25-19)17-4-3-9-23-13-17;1-2;;;/h3-6,9,12-15H,7-8,10-11H2,1-2H3,(H,24,27);1-2H3;3*1H4. The van der Waals surface area contributed by atoms with Crippen LogP contribution >= 0.6 is 11.3 Å². The van der Waals surface area contributed by atoms with Gasteiger partial charge < -0.3 is 15.0 Å². The fraction of sp³-hybridized carbons (Fsp3) is 0.444. The molecule has 1 aliphatic rings. The number of ether oxygens (including phenoxy) is 1. The average molecular weight is 487 g/mol. The predicted octanol–water partition coefficient (Wildman–Crippen LogP) is 7.21. The van der Waals surface area contributed by atoms with Crippen molar-refractivity contribution in [1.29, 1.82) is 0 Å². The van der Waals surface area contributed by atoms with Gasteiger partial charge in [-0.05, 0) is 68.7 Å². The maximum absolute atomic E-state index is 12.7. The molecule has 3 heterocycles. The van der Waals surface area contributed by atoms with Crippen LogP contribution in [-0.2, 0) is 0 Å². The van der Waals surface area contributed by atoms with Gasteiger partial charge in [0.25, 0.3) is 5.91 Å². The van der Waals surface area contributed by atoms with Gasteiger partial charge in [-0.25, -0.2) is 4.98 Å². The molecule has 6 nitrogen and oxygen atoms in total. The number of anilines is 1. The quantitative estimate of drug-likeness (QED) is 0.413. The molecule has 0 spiro atoms. The summed E-state index contributed by atoms with van der Waals surface area (Å²) in [6.07, 6.45) is 5.74. The van der Waals surface area contributed by atoms with Gasteiger partial charge in [0, 0.05) is 23.3 Å². The van der Waals surface area contributed by atoms with E-state index >= 15 is 0 Å². The van der Waals surface area contributed by atoms with E-state index in [0.29, 0.717) is 23.0 Å². The van der Waals surface area contributed by atoms with E-state index < -0.39 is 0 Å². The SMILES string of the molecule is C.C.C.CC.COc1cc(C2CCN(C)CC2)ccc1NC(=O)c1csc(-c2cccnc2)n1. The van der Waals surface area contributed by atoms with Crippen molar-refractivity contribution in [3.8, 4) is 16.3 Å². The molecule has 0 bridgehead atoms. The maximum Gasteiger partial charge on any atom is 0.275 e. The average Bonchev–Trinajstić information content (AvgIpc) is 3.32. The maximum atomic E-state index is 12.7. The van der Waals surface area contributed by atoms with Gasteiger partial charge in [-0.15, -0.1) is 11.3 Å². The van der Waals surface area contributed by atoms with Gasteiger partial charge in [0.15, 0.2) is 0 Å². The molecule has 1 aliphatic heterocycles. The number of hydrogen-bond acceptors (Lipinski definition) is 6. The molecule has 188 valence electrons. The van der Waals surface area contributed by atoms with Gasteiger partial charge in [-0.1, -0.05) is 42.2 Å². The first kappa shape index (κ1) is 31.2. The number of benzene rings is 1. The van der Waals surface area contributed by atoms with E-state index in [1.165, 1.54) is 16.9 Å². The topological polar surface area (TPSA) is 67.3 Å². The third kappa shape index (κ3) is 7.64. The number of pyridine rings is 1. The van der Waals surface area contributed by atoms with Gasteiger partial charge in [-0.2, -0.15) is 0 Å². The molecule has 0 atom stereocenters. The zero-order valence-corrected chi connectivity index (χ0v) is 19.4. The smallest absolute Gasteiger partial charge is 0.275 e. The number of aromatic nitrogens is 2. The fourth-order valence-corrected chi connectivity index (χ4v) is 4.38. The van der Waals surface area contributed by atoms with Crippen LogP contribution in [-0.4, -0.2) is 48.0 Å². The summed E-state index contributed by atoms with van der Waals surface area (Å²) in [5.41, 5.74) is 3.21. The Hall–Kier alpha value is -2.77. The van der Waals surface area contributed by atoms with E-state index in [2.05, 4.69) is 33.3 Å². The van der Waals surface area contributed by atoms with Gasteiger partial charge in [-0.3, -0.25) is 9.78 Å². The van der Waals surface area contributed by atoms with Crippen molar-refractivity contribution >= 4 is 22.9 Å². The van der Waals surface area contributed by atoms with Crippen molar-refractivity contribution < 1.29 is 9.53 Å². The van der Waals surface area contributed by atoms with E-state index in [-0.39, 0.29) is 28.2 Å². The summed E-state index contributed by atoms with van der Waals surface area (Å²) in [7, 11) is 3.79. The molecule has 0 saturated carbocycles. The second-order valence-electron chi connectivity index (χ2n) is 7.27. The Bertz CT molecular complexity index is 983. The van der Waals surface area contributed by atoms with Crippen molar-refractivity contribution in [2.24, 2.45) is 0 Å². The summed E-state index contributed by atoms with van der Waals surface area (Å²) < 4.78 is 5.56. The summed E-state index contributed by atoms with van der Waals surface area (Å²) >= 11 is 1.43.